The molecule has 116 valence electrons. The Morgan fingerprint density at radius 2 is 2.14 bits per heavy atom. The summed E-state index contributed by atoms with van der Waals surface area (Å²) in [4.78, 5) is 23.2. The van der Waals surface area contributed by atoms with Crippen LogP contribution in [0.5, 0.6) is 0 Å². The van der Waals surface area contributed by atoms with Gasteiger partial charge in [0.2, 0.25) is 0 Å². The minimum Gasteiger partial charge on any atom is -0.378 e. The number of imidazole rings is 1. The maximum Gasteiger partial charge on any atom is 0.256 e. The average Bonchev–Trinajstić information content (AvgIpc) is 2.92. The van der Waals surface area contributed by atoms with Crippen molar-refractivity contribution >= 4 is 5.91 Å². The van der Waals surface area contributed by atoms with Crippen LogP contribution in [0.4, 0.5) is 0 Å². The Morgan fingerprint density at radius 1 is 1.32 bits per heavy atom. The third-order valence-corrected chi connectivity index (χ3v) is 4.09. The molecule has 6 nitrogen and oxygen atoms in total. The van der Waals surface area contributed by atoms with Gasteiger partial charge in [-0.05, 0) is 26.0 Å². The van der Waals surface area contributed by atoms with Gasteiger partial charge < -0.3 is 14.2 Å². The normalized spacial score (nSPS) is 17.4. The Bertz CT molecular complexity index is 678. The fourth-order valence-electron chi connectivity index (χ4n) is 2.86. The number of hydrogen-bond donors (Lipinski definition) is 0. The fraction of sp³-hybridized carbons (Fsp3) is 0.438. The molecular weight excluding hydrogens is 280 g/mol. The Balaban J connectivity index is 1.84. The number of pyridine rings is 1. The summed E-state index contributed by atoms with van der Waals surface area (Å²) in [5, 5.41) is 0. The lowest BCUT2D eigenvalue weighted by Crippen LogP contribution is -2.41. The molecule has 3 rings (SSSR count). The molecule has 0 aromatic carbocycles. The second-order valence-electron chi connectivity index (χ2n) is 5.56. The molecule has 0 unspecified atom stereocenters. The standard InChI is InChI=1S/C16H20N4O2/c1-11-4-5-13(8-17-11)16(21)19-6-7-20-14(10-22-3)9-18-15(20)12(19)2/h4-5,8-9,12H,6-7,10H2,1-3H3/t12-/m0/s1. The van der Waals surface area contributed by atoms with Gasteiger partial charge in [0, 0.05) is 32.1 Å². The van der Waals surface area contributed by atoms with E-state index in [2.05, 4.69) is 14.5 Å². The molecule has 1 aliphatic heterocycles. The zero-order chi connectivity index (χ0) is 15.7. The predicted molar refractivity (Wildman–Crippen MR) is 81.4 cm³/mol. The van der Waals surface area contributed by atoms with E-state index in [1.54, 1.807) is 13.3 Å². The van der Waals surface area contributed by atoms with Gasteiger partial charge in [0.05, 0.1) is 30.1 Å². The minimum atomic E-state index is -0.0619. The number of carbonyl (C=O) groups is 1. The molecule has 0 saturated carbocycles. The van der Waals surface area contributed by atoms with Crippen molar-refractivity contribution in [3.63, 3.8) is 0 Å². The van der Waals surface area contributed by atoms with Gasteiger partial charge in [-0.3, -0.25) is 9.78 Å². The van der Waals surface area contributed by atoms with Crippen molar-refractivity contribution in [2.24, 2.45) is 0 Å². The van der Waals surface area contributed by atoms with Crippen molar-refractivity contribution < 1.29 is 9.53 Å². The molecule has 0 radical (unpaired) electrons. The molecule has 0 spiro atoms. The van der Waals surface area contributed by atoms with E-state index < -0.39 is 0 Å². The highest BCUT2D eigenvalue weighted by atomic mass is 16.5. The predicted octanol–water partition coefficient (Wildman–Crippen LogP) is 1.95. The molecule has 6 heteroatoms. The molecule has 2 aromatic rings. The Morgan fingerprint density at radius 3 is 2.82 bits per heavy atom. The van der Waals surface area contributed by atoms with E-state index in [4.69, 9.17) is 4.74 Å². The number of aryl methyl sites for hydroxylation is 1. The van der Waals surface area contributed by atoms with Gasteiger partial charge in [0.15, 0.2) is 0 Å². The third kappa shape index (κ3) is 2.50. The number of amides is 1. The SMILES string of the molecule is COCc1cnc2n1CCN(C(=O)c1ccc(C)nc1)[C@H]2C. The van der Waals surface area contributed by atoms with Crippen molar-refractivity contribution in [1.82, 2.24) is 19.4 Å². The number of ether oxygens (including phenoxy) is 1. The van der Waals surface area contributed by atoms with Crippen LogP contribution in [0.1, 0.15) is 40.5 Å². The van der Waals surface area contributed by atoms with Crippen LogP contribution in [-0.4, -0.2) is 39.0 Å². The summed E-state index contributed by atoms with van der Waals surface area (Å²) in [6.45, 7) is 5.85. The van der Waals surface area contributed by atoms with Crippen LogP contribution < -0.4 is 0 Å². The van der Waals surface area contributed by atoms with Crippen molar-refractivity contribution in [2.45, 2.75) is 33.0 Å². The molecule has 2 aromatic heterocycles. The number of aromatic nitrogens is 3. The first-order chi connectivity index (χ1) is 10.6. The number of methoxy groups -OCH3 is 1. The molecule has 0 N–H and O–H groups in total. The molecule has 1 amide bonds. The molecule has 0 bridgehead atoms. The van der Waals surface area contributed by atoms with Crippen LogP contribution in [-0.2, 0) is 17.9 Å². The largest absolute Gasteiger partial charge is 0.378 e. The summed E-state index contributed by atoms with van der Waals surface area (Å²) >= 11 is 0. The van der Waals surface area contributed by atoms with Gasteiger partial charge in [-0.2, -0.15) is 0 Å². The van der Waals surface area contributed by atoms with Gasteiger partial charge in [0.25, 0.3) is 5.91 Å². The van der Waals surface area contributed by atoms with Crippen molar-refractivity contribution in [3.8, 4) is 0 Å². The van der Waals surface area contributed by atoms with Crippen molar-refractivity contribution in [2.75, 3.05) is 13.7 Å². The van der Waals surface area contributed by atoms with E-state index in [1.165, 1.54) is 0 Å². The fourth-order valence-corrected chi connectivity index (χ4v) is 2.86. The first-order valence-corrected chi connectivity index (χ1v) is 7.38. The van der Waals surface area contributed by atoms with Crippen LogP contribution >= 0.6 is 0 Å². The van der Waals surface area contributed by atoms with Crippen LogP contribution in [0.25, 0.3) is 0 Å². The number of carbonyl (C=O) groups excluding carboxylic acids is 1. The van der Waals surface area contributed by atoms with E-state index in [1.807, 2.05) is 37.1 Å². The summed E-state index contributed by atoms with van der Waals surface area (Å²) in [6, 6.07) is 3.63. The third-order valence-electron chi connectivity index (χ3n) is 4.09. The molecule has 3 heterocycles. The van der Waals surface area contributed by atoms with Gasteiger partial charge in [0.1, 0.15) is 5.82 Å². The van der Waals surface area contributed by atoms with E-state index in [0.29, 0.717) is 18.7 Å². The molecule has 0 aliphatic carbocycles. The highest BCUT2D eigenvalue weighted by Gasteiger charge is 2.30. The van der Waals surface area contributed by atoms with Gasteiger partial charge in [-0.25, -0.2) is 4.98 Å². The average molecular weight is 300 g/mol. The van der Waals surface area contributed by atoms with Crippen LogP contribution in [0.15, 0.2) is 24.5 Å². The van der Waals surface area contributed by atoms with Gasteiger partial charge >= 0.3 is 0 Å². The lowest BCUT2D eigenvalue weighted by atomic mass is 10.1. The van der Waals surface area contributed by atoms with E-state index in [9.17, 15) is 4.79 Å². The van der Waals surface area contributed by atoms with Gasteiger partial charge in [-0.15, -0.1) is 0 Å². The molecule has 0 saturated heterocycles. The molecule has 0 fully saturated rings. The zero-order valence-corrected chi connectivity index (χ0v) is 13.1. The van der Waals surface area contributed by atoms with E-state index in [0.717, 1.165) is 23.8 Å². The zero-order valence-electron chi connectivity index (χ0n) is 13.1. The highest BCUT2D eigenvalue weighted by Crippen LogP contribution is 2.27. The van der Waals surface area contributed by atoms with E-state index >= 15 is 0 Å². The maximum atomic E-state index is 12.7. The lowest BCUT2D eigenvalue weighted by molar-refractivity contribution is 0.0632. The summed E-state index contributed by atoms with van der Waals surface area (Å²) in [5.74, 6) is 0.911. The quantitative estimate of drug-likeness (QED) is 0.869. The van der Waals surface area contributed by atoms with Crippen LogP contribution in [0.2, 0.25) is 0 Å². The summed E-state index contributed by atoms with van der Waals surface area (Å²) in [7, 11) is 1.67. The molecule has 1 atom stereocenters. The number of nitrogens with zero attached hydrogens (tertiary/aromatic N) is 4. The molecule has 22 heavy (non-hydrogen) atoms. The van der Waals surface area contributed by atoms with Crippen LogP contribution in [0.3, 0.4) is 0 Å². The second-order valence-corrected chi connectivity index (χ2v) is 5.56. The topological polar surface area (TPSA) is 60.2 Å². The Hall–Kier alpha value is -2.21. The molecule has 1 aliphatic rings. The smallest absolute Gasteiger partial charge is 0.256 e. The molecular formula is C16H20N4O2. The first-order valence-electron chi connectivity index (χ1n) is 7.38. The Labute approximate surface area is 129 Å². The Kier molecular flexibility index (Phi) is 3.94. The summed E-state index contributed by atoms with van der Waals surface area (Å²) in [6.07, 6.45) is 3.47. The van der Waals surface area contributed by atoms with Gasteiger partial charge in [-0.1, -0.05) is 0 Å². The van der Waals surface area contributed by atoms with Crippen LogP contribution in [0, 0.1) is 6.92 Å². The van der Waals surface area contributed by atoms with Crippen molar-refractivity contribution in [3.05, 3.63) is 47.3 Å². The first kappa shape index (κ1) is 14.7. The monoisotopic (exact) mass is 300 g/mol. The number of fused-ring (bicyclic) bond motifs is 1. The second kappa shape index (κ2) is 5.88. The van der Waals surface area contributed by atoms with E-state index in [-0.39, 0.29) is 11.9 Å². The lowest BCUT2D eigenvalue weighted by Gasteiger charge is -2.34. The number of hydrogen-bond acceptors (Lipinski definition) is 4. The summed E-state index contributed by atoms with van der Waals surface area (Å²) < 4.78 is 7.34. The minimum absolute atomic E-state index is 0.00235. The number of rotatable bonds is 3. The maximum absolute atomic E-state index is 12.7. The summed E-state index contributed by atoms with van der Waals surface area (Å²) in [5.41, 5.74) is 2.58. The highest BCUT2D eigenvalue weighted by molar-refractivity contribution is 5.94. The van der Waals surface area contributed by atoms with Crippen molar-refractivity contribution in [1.29, 1.82) is 0 Å².